The smallest absolute Gasteiger partial charge is 0.231 e. The molecule has 0 saturated heterocycles. The van der Waals surface area contributed by atoms with Crippen LogP contribution in [0.1, 0.15) is 12.0 Å². The highest BCUT2D eigenvalue weighted by molar-refractivity contribution is 5.91. The first kappa shape index (κ1) is 14.3. The van der Waals surface area contributed by atoms with Crippen LogP contribution in [0.25, 0.3) is 0 Å². The summed E-state index contributed by atoms with van der Waals surface area (Å²) in [6, 6.07) is 8.47. The zero-order valence-electron chi connectivity index (χ0n) is 11.6. The van der Waals surface area contributed by atoms with E-state index in [9.17, 15) is 13.6 Å². The summed E-state index contributed by atoms with van der Waals surface area (Å²) < 4.78 is 36.9. The predicted octanol–water partition coefficient (Wildman–Crippen LogP) is 3.26. The summed E-state index contributed by atoms with van der Waals surface area (Å²) in [5, 5.41) is 2.42. The number of amides is 1. The normalized spacial score (nSPS) is 12.3. The molecule has 6 heteroatoms. The van der Waals surface area contributed by atoms with Crippen LogP contribution in [-0.2, 0) is 11.2 Å². The van der Waals surface area contributed by atoms with Crippen LogP contribution < -0.4 is 14.8 Å². The van der Waals surface area contributed by atoms with Crippen molar-refractivity contribution < 1.29 is 23.0 Å². The number of fused-ring (bicyclic) bond motifs is 1. The molecule has 0 radical (unpaired) electrons. The molecule has 3 rings (SSSR count). The maximum absolute atomic E-state index is 13.5. The van der Waals surface area contributed by atoms with Gasteiger partial charge in [0.15, 0.2) is 11.5 Å². The highest BCUT2D eigenvalue weighted by atomic mass is 19.1. The monoisotopic (exact) mass is 305 g/mol. The van der Waals surface area contributed by atoms with E-state index in [2.05, 4.69) is 5.32 Å². The highest BCUT2D eigenvalue weighted by Crippen LogP contribution is 2.35. The summed E-state index contributed by atoms with van der Waals surface area (Å²) in [7, 11) is 0. The van der Waals surface area contributed by atoms with Crippen LogP contribution in [0, 0.1) is 11.6 Å². The third kappa shape index (κ3) is 3.00. The van der Waals surface area contributed by atoms with Crippen LogP contribution in [0.2, 0.25) is 0 Å². The van der Waals surface area contributed by atoms with Crippen LogP contribution in [0.5, 0.6) is 11.5 Å². The fraction of sp³-hybridized carbons (Fsp3) is 0.188. The Labute approximate surface area is 125 Å². The van der Waals surface area contributed by atoms with Gasteiger partial charge in [-0.05, 0) is 30.2 Å². The SMILES string of the molecule is O=C(CCc1cccc2c1OCO2)Nc1ccc(F)cc1F. The van der Waals surface area contributed by atoms with Gasteiger partial charge in [0.2, 0.25) is 12.7 Å². The van der Waals surface area contributed by atoms with Crippen LogP contribution in [-0.4, -0.2) is 12.7 Å². The molecule has 0 bridgehead atoms. The number of ether oxygens (including phenoxy) is 2. The van der Waals surface area contributed by atoms with Crippen LogP contribution in [0.4, 0.5) is 14.5 Å². The standard InChI is InChI=1S/C16H13F2NO3/c17-11-5-6-13(12(18)8-11)19-15(20)7-4-10-2-1-3-14-16(10)22-9-21-14/h1-3,5-6,8H,4,7,9H2,(H,19,20). The van der Waals surface area contributed by atoms with E-state index in [1.54, 1.807) is 6.07 Å². The van der Waals surface area contributed by atoms with Gasteiger partial charge >= 0.3 is 0 Å². The summed E-state index contributed by atoms with van der Waals surface area (Å²) >= 11 is 0. The number of carbonyl (C=O) groups is 1. The van der Waals surface area contributed by atoms with Gasteiger partial charge in [-0.2, -0.15) is 0 Å². The second-order valence-electron chi connectivity index (χ2n) is 4.82. The minimum Gasteiger partial charge on any atom is -0.454 e. The molecule has 2 aromatic rings. The Morgan fingerprint density at radius 3 is 2.86 bits per heavy atom. The van der Waals surface area contributed by atoms with Crippen molar-refractivity contribution in [1.82, 2.24) is 0 Å². The average Bonchev–Trinajstić information content (AvgIpc) is 2.97. The molecule has 2 aromatic carbocycles. The summed E-state index contributed by atoms with van der Waals surface area (Å²) in [6.07, 6.45) is 0.581. The number of nitrogens with one attached hydrogen (secondary N) is 1. The van der Waals surface area contributed by atoms with Crippen molar-refractivity contribution >= 4 is 11.6 Å². The molecular weight excluding hydrogens is 292 g/mol. The summed E-state index contributed by atoms with van der Waals surface area (Å²) in [6.45, 7) is 0.166. The number of rotatable bonds is 4. The maximum Gasteiger partial charge on any atom is 0.231 e. The van der Waals surface area contributed by atoms with Crippen LogP contribution in [0.3, 0.4) is 0 Å². The van der Waals surface area contributed by atoms with Crippen molar-refractivity contribution in [2.45, 2.75) is 12.8 Å². The van der Waals surface area contributed by atoms with Gasteiger partial charge < -0.3 is 14.8 Å². The topological polar surface area (TPSA) is 47.6 Å². The maximum atomic E-state index is 13.5. The van der Waals surface area contributed by atoms with Crippen molar-refractivity contribution in [2.24, 2.45) is 0 Å². The second kappa shape index (κ2) is 6.01. The lowest BCUT2D eigenvalue weighted by molar-refractivity contribution is -0.116. The molecule has 0 spiro atoms. The van der Waals surface area contributed by atoms with Gasteiger partial charge in [-0.15, -0.1) is 0 Å². The Morgan fingerprint density at radius 2 is 2.05 bits per heavy atom. The molecule has 22 heavy (non-hydrogen) atoms. The molecule has 0 aliphatic carbocycles. The number of aryl methyl sites for hydroxylation is 1. The lowest BCUT2D eigenvalue weighted by atomic mass is 10.1. The van der Waals surface area contributed by atoms with Crippen molar-refractivity contribution in [3.63, 3.8) is 0 Å². The Hall–Kier alpha value is -2.63. The Bertz CT molecular complexity index is 719. The molecule has 1 N–H and O–H groups in total. The lowest BCUT2D eigenvalue weighted by Crippen LogP contribution is -2.13. The number of carbonyl (C=O) groups excluding carboxylic acids is 1. The zero-order chi connectivity index (χ0) is 15.5. The van der Waals surface area contributed by atoms with Gasteiger partial charge in [0.05, 0.1) is 5.69 Å². The average molecular weight is 305 g/mol. The molecule has 1 heterocycles. The molecule has 1 aliphatic rings. The lowest BCUT2D eigenvalue weighted by Gasteiger charge is -2.08. The fourth-order valence-corrected chi connectivity index (χ4v) is 2.24. The van der Waals surface area contributed by atoms with E-state index >= 15 is 0 Å². The van der Waals surface area contributed by atoms with Gasteiger partial charge in [-0.1, -0.05) is 12.1 Å². The summed E-state index contributed by atoms with van der Waals surface area (Å²) in [5.41, 5.74) is 0.814. The first-order chi connectivity index (χ1) is 10.6. The highest BCUT2D eigenvalue weighted by Gasteiger charge is 2.17. The first-order valence-electron chi connectivity index (χ1n) is 6.76. The molecule has 0 atom stereocenters. The van der Waals surface area contributed by atoms with Gasteiger partial charge in [0.25, 0.3) is 0 Å². The third-order valence-electron chi connectivity index (χ3n) is 3.30. The van der Waals surface area contributed by atoms with Gasteiger partial charge in [-0.25, -0.2) is 8.78 Å². The number of hydrogen-bond acceptors (Lipinski definition) is 3. The largest absolute Gasteiger partial charge is 0.454 e. The predicted molar refractivity (Wildman–Crippen MR) is 75.9 cm³/mol. The van der Waals surface area contributed by atoms with Gasteiger partial charge in [-0.3, -0.25) is 4.79 Å². The van der Waals surface area contributed by atoms with Crippen molar-refractivity contribution in [2.75, 3.05) is 12.1 Å². The zero-order valence-corrected chi connectivity index (χ0v) is 11.6. The molecule has 1 aliphatic heterocycles. The number of hydrogen-bond donors (Lipinski definition) is 1. The second-order valence-corrected chi connectivity index (χ2v) is 4.82. The summed E-state index contributed by atoms with van der Waals surface area (Å²) in [5.74, 6) is -0.550. The Morgan fingerprint density at radius 1 is 1.18 bits per heavy atom. The fourth-order valence-electron chi connectivity index (χ4n) is 2.24. The van der Waals surface area contributed by atoms with Gasteiger partial charge in [0, 0.05) is 12.5 Å². The van der Waals surface area contributed by atoms with E-state index in [4.69, 9.17) is 9.47 Å². The quantitative estimate of drug-likeness (QED) is 0.943. The number of halogens is 2. The molecule has 0 unspecified atom stereocenters. The molecule has 1 amide bonds. The van der Waals surface area contributed by atoms with Crippen molar-refractivity contribution in [3.8, 4) is 11.5 Å². The third-order valence-corrected chi connectivity index (χ3v) is 3.30. The number of para-hydroxylation sites is 1. The molecule has 0 fully saturated rings. The summed E-state index contributed by atoms with van der Waals surface area (Å²) in [4.78, 5) is 11.9. The minimum atomic E-state index is -0.800. The number of benzene rings is 2. The van der Waals surface area contributed by atoms with E-state index < -0.39 is 11.6 Å². The molecular formula is C16H13F2NO3. The van der Waals surface area contributed by atoms with E-state index in [1.165, 1.54) is 6.07 Å². The number of anilines is 1. The van der Waals surface area contributed by atoms with Crippen LogP contribution in [0.15, 0.2) is 36.4 Å². The van der Waals surface area contributed by atoms with E-state index in [-0.39, 0.29) is 24.8 Å². The van der Waals surface area contributed by atoms with Gasteiger partial charge in [0.1, 0.15) is 11.6 Å². The Balaban J connectivity index is 1.62. The molecule has 114 valence electrons. The molecule has 0 aromatic heterocycles. The van der Waals surface area contributed by atoms with E-state index in [1.807, 2.05) is 12.1 Å². The van der Waals surface area contributed by atoms with Crippen molar-refractivity contribution in [3.05, 3.63) is 53.6 Å². The molecule has 4 nitrogen and oxygen atoms in total. The Kier molecular flexibility index (Phi) is 3.91. The van der Waals surface area contributed by atoms with Crippen molar-refractivity contribution in [1.29, 1.82) is 0 Å². The first-order valence-corrected chi connectivity index (χ1v) is 6.76. The van der Waals surface area contributed by atoms with E-state index in [0.717, 1.165) is 17.7 Å². The molecule has 0 saturated carbocycles. The van der Waals surface area contributed by atoms with Crippen LogP contribution >= 0.6 is 0 Å². The van der Waals surface area contributed by atoms with E-state index in [0.29, 0.717) is 17.9 Å². The minimum absolute atomic E-state index is 0.0377.